The molecule has 3 atom stereocenters. The van der Waals surface area contributed by atoms with Gasteiger partial charge in [0.2, 0.25) is 0 Å². The summed E-state index contributed by atoms with van der Waals surface area (Å²) in [6.45, 7) is 0. The zero-order valence-electron chi connectivity index (χ0n) is 8.96. The zero-order valence-corrected chi connectivity index (χ0v) is 8.96. The third kappa shape index (κ3) is 1.83. The molecule has 1 aromatic rings. The van der Waals surface area contributed by atoms with Gasteiger partial charge in [-0.05, 0) is 12.0 Å². The molecule has 3 nitrogen and oxygen atoms in total. The van der Waals surface area contributed by atoms with Crippen molar-refractivity contribution in [3.8, 4) is 0 Å². The SMILES string of the molecule is O=C1C[C@H]2O[C@@H](Cc3ccccc3)C[C@H]2O1. The average Bonchev–Trinajstić information content (AvgIpc) is 2.76. The number of benzene rings is 1. The standard InChI is InChI=1S/C13H14O3/c14-13-8-12-11(16-13)7-10(15-12)6-9-4-2-1-3-5-9/h1-5,10-12H,6-8H2/t10-,11+,12+/m0/s1. The van der Waals surface area contributed by atoms with Gasteiger partial charge in [0.25, 0.3) is 0 Å². The predicted octanol–water partition coefficient (Wildman–Crippen LogP) is 1.70. The lowest BCUT2D eigenvalue weighted by atomic mass is 10.0. The fourth-order valence-corrected chi connectivity index (χ4v) is 2.49. The second-order valence-corrected chi connectivity index (χ2v) is 4.45. The minimum absolute atomic E-state index is 0.00112. The van der Waals surface area contributed by atoms with E-state index in [9.17, 15) is 4.79 Å². The molecule has 0 aliphatic carbocycles. The van der Waals surface area contributed by atoms with Gasteiger partial charge in [0, 0.05) is 6.42 Å². The number of hydrogen-bond donors (Lipinski definition) is 0. The molecule has 0 unspecified atom stereocenters. The Morgan fingerprint density at radius 3 is 2.75 bits per heavy atom. The number of ether oxygens (including phenoxy) is 2. The first-order valence-electron chi connectivity index (χ1n) is 5.70. The van der Waals surface area contributed by atoms with Crippen LogP contribution in [-0.2, 0) is 20.7 Å². The fourth-order valence-electron chi connectivity index (χ4n) is 2.49. The Bertz CT molecular complexity index is 371. The molecule has 0 aromatic heterocycles. The van der Waals surface area contributed by atoms with Crippen LogP contribution < -0.4 is 0 Å². The summed E-state index contributed by atoms with van der Waals surface area (Å²) in [4.78, 5) is 11.0. The molecule has 16 heavy (non-hydrogen) atoms. The van der Waals surface area contributed by atoms with Gasteiger partial charge in [0.1, 0.15) is 12.2 Å². The summed E-state index contributed by atoms with van der Waals surface area (Å²) in [7, 11) is 0. The van der Waals surface area contributed by atoms with E-state index < -0.39 is 0 Å². The van der Waals surface area contributed by atoms with Gasteiger partial charge in [0.15, 0.2) is 0 Å². The van der Waals surface area contributed by atoms with Gasteiger partial charge in [0.05, 0.1) is 12.5 Å². The Balaban J connectivity index is 1.62. The molecular formula is C13H14O3. The maximum absolute atomic E-state index is 11.0. The number of carbonyl (C=O) groups excluding carboxylic acids is 1. The lowest BCUT2D eigenvalue weighted by Crippen LogP contribution is -2.14. The summed E-state index contributed by atoms with van der Waals surface area (Å²) >= 11 is 0. The lowest BCUT2D eigenvalue weighted by Gasteiger charge is -2.11. The van der Waals surface area contributed by atoms with Gasteiger partial charge in [-0.3, -0.25) is 4.79 Å². The number of rotatable bonds is 2. The molecule has 2 heterocycles. The fraction of sp³-hybridized carbons (Fsp3) is 0.462. The summed E-state index contributed by atoms with van der Waals surface area (Å²) in [5, 5.41) is 0. The molecule has 1 aromatic carbocycles. The van der Waals surface area contributed by atoms with E-state index in [0.29, 0.717) is 6.42 Å². The molecule has 2 saturated heterocycles. The van der Waals surface area contributed by atoms with Crippen LogP contribution in [0.4, 0.5) is 0 Å². The van der Waals surface area contributed by atoms with Gasteiger partial charge >= 0.3 is 5.97 Å². The van der Waals surface area contributed by atoms with E-state index >= 15 is 0 Å². The molecule has 0 spiro atoms. The van der Waals surface area contributed by atoms with Crippen LogP contribution in [0.3, 0.4) is 0 Å². The second kappa shape index (κ2) is 3.91. The smallest absolute Gasteiger partial charge is 0.308 e. The lowest BCUT2D eigenvalue weighted by molar-refractivity contribution is -0.141. The Hall–Kier alpha value is -1.35. The maximum atomic E-state index is 11.0. The number of esters is 1. The van der Waals surface area contributed by atoms with E-state index in [0.717, 1.165) is 12.8 Å². The normalized spacial score (nSPS) is 32.5. The van der Waals surface area contributed by atoms with Gasteiger partial charge in [-0.15, -0.1) is 0 Å². The molecule has 84 valence electrons. The molecule has 2 aliphatic heterocycles. The second-order valence-electron chi connectivity index (χ2n) is 4.45. The van der Waals surface area contributed by atoms with Crippen molar-refractivity contribution in [2.45, 2.75) is 37.6 Å². The first kappa shape index (κ1) is 9.85. The highest BCUT2D eigenvalue weighted by atomic mass is 16.6. The van der Waals surface area contributed by atoms with Gasteiger partial charge in [-0.2, -0.15) is 0 Å². The van der Waals surface area contributed by atoms with E-state index in [1.165, 1.54) is 5.56 Å². The topological polar surface area (TPSA) is 35.5 Å². The monoisotopic (exact) mass is 218 g/mol. The average molecular weight is 218 g/mol. The summed E-state index contributed by atoms with van der Waals surface area (Å²) in [6.07, 6.45) is 2.38. The van der Waals surface area contributed by atoms with E-state index in [1.54, 1.807) is 0 Å². The summed E-state index contributed by atoms with van der Waals surface area (Å²) in [5.74, 6) is -0.117. The van der Waals surface area contributed by atoms with E-state index in [1.807, 2.05) is 18.2 Å². The summed E-state index contributed by atoms with van der Waals surface area (Å²) in [5.41, 5.74) is 1.28. The first-order chi connectivity index (χ1) is 7.81. The van der Waals surface area contributed by atoms with Crippen molar-refractivity contribution in [1.82, 2.24) is 0 Å². The molecule has 3 rings (SSSR count). The Morgan fingerprint density at radius 2 is 2.00 bits per heavy atom. The van der Waals surface area contributed by atoms with E-state index in [2.05, 4.69) is 12.1 Å². The molecule has 0 N–H and O–H groups in total. The van der Waals surface area contributed by atoms with Crippen molar-refractivity contribution in [3.05, 3.63) is 35.9 Å². The molecular weight excluding hydrogens is 204 g/mol. The number of fused-ring (bicyclic) bond motifs is 1. The molecule has 3 heteroatoms. The van der Waals surface area contributed by atoms with Crippen LogP contribution in [-0.4, -0.2) is 24.3 Å². The summed E-state index contributed by atoms with van der Waals surface area (Å²) < 4.78 is 11.0. The van der Waals surface area contributed by atoms with Crippen LogP contribution in [0.15, 0.2) is 30.3 Å². The minimum atomic E-state index is -0.117. The molecule has 0 amide bonds. The third-order valence-electron chi connectivity index (χ3n) is 3.23. The van der Waals surface area contributed by atoms with Crippen molar-refractivity contribution < 1.29 is 14.3 Å². The highest BCUT2D eigenvalue weighted by Crippen LogP contribution is 2.32. The van der Waals surface area contributed by atoms with Crippen LogP contribution >= 0.6 is 0 Å². The number of carbonyl (C=O) groups is 1. The molecule has 0 radical (unpaired) electrons. The van der Waals surface area contributed by atoms with Gasteiger partial charge in [-0.1, -0.05) is 30.3 Å². The van der Waals surface area contributed by atoms with Crippen LogP contribution in [0, 0.1) is 0 Å². The van der Waals surface area contributed by atoms with Crippen LogP contribution in [0.2, 0.25) is 0 Å². The van der Waals surface area contributed by atoms with Gasteiger partial charge < -0.3 is 9.47 Å². The molecule has 0 saturated carbocycles. The van der Waals surface area contributed by atoms with Crippen molar-refractivity contribution in [2.24, 2.45) is 0 Å². The zero-order chi connectivity index (χ0) is 11.0. The molecule has 2 fully saturated rings. The third-order valence-corrected chi connectivity index (χ3v) is 3.23. The summed E-state index contributed by atoms with van der Waals surface area (Å²) in [6, 6.07) is 10.3. The van der Waals surface area contributed by atoms with Crippen molar-refractivity contribution in [3.63, 3.8) is 0 Å². The highest BCUT2D eigenvalue weighted by Gasteiger charge is 2.43. The highest BCUT2D eigenvalue weighted by molar-refractivity contribution is 5.72. The van der Waals surface area contributed by atoms with Crippen LogP contribution in [0.25, 0.3) is 0 Å². The first-order valence-corrected chi connectivity index (χ1v) is 5.70. The molecule has 2 aliphatic rings. The van der Waals surface area contributed by atoms with Crippen molar-refractivity contribution >= 4 is 5.97 Å². The largest absolute Gasteiger partial charge is 0.459 e. The van der Waals surface area contributed by atoms with Gasteiger partial charge in [-0.25, -0.2) is 0 Å². The Morgan fingerprint density at radius 1 is 1.19 bits per heavy atom. The van der Waals surface area contributed by atoms with Crippen molar-refractivity contribution in [2.75, 3.05) is 0 Å². The number of hydrogen-bond acceptors (Lipinski definition) is 3. The van der Waals surface area contributed by atoms with Crippen LogP contribution in [0.1, 0.15) is 18.4 Å². The maximum Gasteiger partial charge on any atom is 0.308 e. The van der Waals surface area contributed by atoms with E-state index in [-0.39, 0.29) is 24.3 Å². The Labute approximate surface area is 94.4 Å². The predicted molar refractivity (Wildman–Crippen MR) is 57.9 cm³/mol. The van der Waals surface area contributed by atoms with E-state index in [4.69, 9.17) is 9.47 Å². The quantitative estimate of drug-likeness (QED) is 0.709. The minimum Gasteiger partial charge on any atom is -0.459 e. The molecule has 0 bridgehead atoms. The van der Waals surface area contributed by atoms with Crippen molar-refractivity contribution in [1.29, 1.82) is 0 Å². The van der Waals surface area contributed by atoms with Crippen LogP contribution in [0.5, 0.6) is 0 Å². The Kier molecular flexibility index (Phi) is 2.40.